The number of methoxy groups -OCH3 is 2. The van der Waals surface area contributed by atoms with Gasteiger partial charge >= 0.3 is 0 Å². The second-order valence-electron chi connectivity index (χ2n) is 4.98. The molecule has 0 aliphatic carbocycles. The molecule has 2 rings (SSSR count). The molecule has 0 heterocycles. The van der Waals surface area contributed by atoms with Crippen LogP contribution in [0.4, 0.5) is 5.69 Å². The molecule has 0 bridgehead atoms. The van der Waals surface area contributed by atoms with Crippen LogP contribution in [0.1, 0.15) is 5.56 Å². The molecule has 26 heavy (non-hydrogen) atoms. The van der Waals surface area contributed by atoms with Crippen molar-refractivity contribution < 1.29 is 14.3 Å². The number of ether oxygens (including phenoxy) is 2. The number of carbonyl (C=O) groups is 1. The summed E-state index contributed by atoms with van der Waals surface area (Å²) in [4.78, 5) is 12.4. The van der Waals surface area contributed by atoms with E-state index in [9.17, 15) is 10.1 Å². The Morgan fingerprint density at radius 1 is 1.15 bits per heavy atom. The number of nitriles is 1. The number of halogens is 3. The van der Waals surface area contributed by atoms with Gasteiger partial charge in [-0.05, 0) is 46.3 Å². The minimum atomic E-state index is -0.583. The molecule has 0 fully saturated rings. The van der Waals surface area contributed by atoms with E-state index in [2.05, 4.69) is 21.2 Å². The van der Waals surface area contributed by atoms with E-state index in [0.717, 1.165) is 0 Å². The number of anilines is 1. The highest BCUT2D eigenvalue weighted by Gasteiger charge is 2.14. The largest absolute Gasteiger partial charge is 0.496 e. The van der Waals surface area contributed by atoms with Crippen molar-refractivity contribution in [1.29, 1.82) is 5.26 Å². The normalized spacial score (nSPS) is 10.8. The SMILES string of the molecule is COc1cc(OC)c(/C=C(\C#N)C(=O)Nc2ccc(Cl)c(Cl)c2)cc1Br. The van der Waals surface area contributed by atoms with Gasteiger partial charge in [0.25, 0.3) is 5.91 Å². The van der Waals surface area contributed by atoms with Crippen molar-refractivity contribution in [3.05, 3.63) is 56.0 Å². The molecular weight excluding hydrogens is 443 g/mol. The number of hydrogen-bond acceptors (Lipinski definition) is 4. The number of carbonyl (C=O) groups excluding carboxylic acids is 1. The van der Waals surface area contributed by atoms with Crippen molar-refractivity contribution in [3.8, 4) is 17.6 Å². The van der Waals surface area contributed by atoms with Crippen LogP contribution in [0.15, 0.2) is 40.4 Å². The van der Waals surface area contributed by atoms with Crippen molar-refractivity contribution in [3.63, 3.8) is 0 Å². The van der Waals surface area contributed by atoms with E-state index in [0.29, 0.717) is 37.3 Å². The lowest BCUT2D eigenvalue weighted by molar-refractivity contribution is -0.112. The molecule has 0 aliphatic heterocycles. The fourth-order valence-corrected chi connectivity index (χ4v) is 2.89. The molecule has 0 radical (unpaired) electrons. The van der Waals surface area contributed by atoms with Crippen LogP contribution >= 0.6 is 39.1 Å². The highest BCUT2D eigenvalue weighted by atomic mass is 79.9. The number of amides is 1. The third kappa shape index (κ3) is 4.70. The van der Waals surface area contributed by atoms with E-state index in [4.69, 9.17) is 32.7 Å². The highest BCUT2D eigenvalue weighted by molar-refractivity contribution is 9.10. The van der Waals surface area contributed by atoms with Crippen LogP contribution in [-0.2, 0) is 4.79 Å². The molecular formula is C18H13BrCl2N2O3. The van der Waals surface area contributed by atoms with Crippen molar-refractivity contribution in [1.82, 2.24) is 0 Å². The van der Waals surface area contributed by atoms with E-state index >= 15 is 0 Å². The standard InChI is InChI=1S/C18H13BrCl2N2O3/c1-25-16-8-17(26-2)13(19)6-10(16)5-11(9-22)18(24)23-12-3-4-14(20)15(21)7-12/h3-8H,1-2H3,(H,23,24)/b11-5+. The second kappa shape index (κ2) is 8.95. The molecule has 0 aromatic heterocycles. The Kier molecular flexibility index (Phi) is 6.92. The fourth-order valence-electron chi connectivity index (χ4n) is 2.07. The van der Waals surface area contributed by atoms with E-state index < -0.39 is 5.91 Å². The van der Waals surface area contributed by atoms with Crippen LogP contribution < -0.4 is 14.8 Å². The van der Waals surface area contributed by atoms with E-state index in [1.54, 1.807) is 24.3 Å². The summed E-state index contributed by atoms with van der Waals surface area (Å²) in [6.45, 7) is 0. The summed E-state index contributed by atoms with van der Waals surface area (Å²) >= 11 is 15.1. The maximum atomic E-state index is 12.4. The molecule has 8 heteroatoms. The molecule has 5 nitrogen and oxygen atoms in total. The lowest BCUT2D eigenvalue weighted by Gasteiger charge is -2.10. The zero-order valence-electron chi connectivity index (χ0n) is 13.8. The molecule has 1 amide bonds. The lowest BCUT2D eigenvalue weighted by Crippen LogP contribution is -2.13. The quantitative estimate of drug-likeness (QED) is 0.489. The molecule has 134 valence electrons. The zero-order chi connectivity index (χ0) is 19.3. The minimum absolute atomic E-state index is 0.105. The lowest BCUT2D eigenvalue weighted by atomic mass is 10.1. The summed E-state index contributed by atoms with van der Waals surface area (Å²) in [6.07, 6.45) is 1.43. The van der Waals surface area contributed by atoms with Crippen molar-refractivity contribution in [2.75, 3.05) is 19.5 Å². The molecule has 0 saturated heterocycles. The average molecular weight is 456 g/mol. The zero-order valence-corrected chi connectivity index (χ0v) is 16.9. The average Bonchev–Trinajstić information content (AvgIpc) is 2.62. The Bertz CT molecular complexity index is 923. The second-order valence-corrected chi connectivity index (χ2v) is 6.65. The third-order valence-electron chi connectivity index (χ3n) is 3.35. The van der Waals surface area contributed by atoms with Gasteiger partial charge in [0.2, 0.25) is 0 Å². The van der Waals surface area contributed by atoms with Crippen molar-refractivity contribution in [2.45, 2.75) is 0 Å². The first-order valence-corrected chi connectivity index (χ1v) is 8.74. The smallest absolute Gasteiger partial charge is 0.266 e. The third-order valence-corrected chi connectivity index (χ3v) is 4.71. The predicted molar refractivity (Wildman–Crippen MR) is 106 cm³/mol. The first-order chi connectivity index (χ1) is 12.4. The van der Waals surface area contributed by atoms with Crippen LogP contribution in [0.5, 0.6) is 11.5 Å². The monoisotopic (exact) mass is 454 g/mol. The summed E-state index contributed by atoms with van der Waals surface area (Å²) in [5.41, 5.74) is 0.862. The van der Waals surface area contributed by atoms with Gasteiger partial charge in [-0.3, -0.25) is 4.79 Å². The molecule has 0 saturated carbocycles. The Hall–Kier alpha value is -2.20. The molecule has 0 spiro atoms. The number of nitrogens with one attached hydrogen (secondary N) is 1. The number of nitrogens with zero attached hydrogens (tertiary/aromatic N) is 1. The van der Waals surface area contributed by atoms with Crippen LogP contribution in [0.25, 0.3) is 6.08 Å². The summed E-state index contributed by atoms with van der Waals surface area (Å²) < 4.78 is 11.2. The van der Waals surface area contributed by atoms with Gasteiger partial charge in [0.15, 0.2) is 0 Å². The molecule has 2 aromatic rings. The highest BCUT2D eigenvalue weighted by Crippen LogP contribution is 2.34. The first-order valence-electron chi connectivity index (χ1n) is 7.19. The molecule has 2 aromatic carbocycles. The summed E-state index contributed by atoms with van der Waals surface area (Å²) in [5.74, 6) is 0.442. The molecule has 0 aliphatic rings. The maximum Gasteiger partial charge on any atom is 0.266 e. The van der Waals surface area contributed by atoms with Crippen LogP contribution in [0.3, 0.4) is 0 Å². The van der Waals surface area contributed by atoms with Crippen LogP contribution in [0, 0.1) is 11.3 Å². The first kappa shape index (κ1) is 20.1. The maximum absolute atomic E-state index is 12.4. The molecule has 0 atom stereocenters. The summed E-state index contributed by atoms with van der Waals surface area (Å²) in [7, 11) is 3.02. The summed E-state index contributed by atoms with van der Waals surface area (Å²) in [5, 5.41) is 12.6. The van der Waals surface area contributed by atoms with E-state index in [1.807, 2.05) is 6.07 Å². The minimum Gasteiger partial charge on any atom is -0.496 e. The van der Waals surface area contributed by atoms with Gasteiger partial charge in [-0.1, -0.05) is 23.2 Å². The Labute approximate surface area is 169 Å². The molecule has 1 N–H and O–H groups in total. The van der Waals surface area contributed by atoms with Crippen molar-refractivity contribution >= 4 is 56.8 Å². The van der Waals surface area contributed by atoms with Gasteiger partial charge in [0.1, 0.15) is 23.1 Å². The Morgan fingerprint density at radius 3 is 2.42 bits per heavy atom. The summed E-state index contributed by atoms with van der Waals surface area (Å²) in [6, 6.07) is 9.88. The van der Waals surface area contributed by atoms with Gasteiger partial charge in [0, 0.05) is 17.3 Å². The van der Waals surface area contributed by atoms with E-state index in [-0.39, 0.29) is 5.57 Å². The van der Waals surface area contributed by atoms with Crippen LogP contribution in [-0.4, -0.2) is 20.1 Å². The van der Waals surface area contributed by atoms with Gasteiger partial charge in [-0.25, -0.2) is 0 Å². The Morgan fingerprint density at radius 2 is 1.85 bits per heavy atom. The number of hydrogen-bond donors (Lipinski definition) is 1. The van der Waals surface area contributed by atoms with Gasteiger partial charge in [0.05, 0.1) is 28.7 Å². The Balaban J connectivity index is 2.35. The fraction of sp³-hybridized carbons (Fsp3) is 0.111. The van der Waals surface area contributed by atoms with Crippen molar-refractivity contribution in [2.24, 2.45) is 0 Å². The van der Waals surface area contributed by atoms with Gasteiger partial charge < -0.3 is 14.8 Å². The topological polar surface area (TPSA) is 71.3 Å². The van der Waals surface area contributed by atoms with Crippen LogP contribution in [0.2, 0.25) is 10.0 Å². The van der Waals surface area contributed by atoms with Gasteiger partial charge in [-0.2, -0.15) is 5.26 Å². The van der Waals surface area contributed by atoms with Gasteiger partial charge in [-0.15, -0.1) is 0 Å². The predicted octanol–water partition coefficient (Wildman–Crippen LogP) is 5.32. The molecule has 0 unspecified atom stereocenters. The van der Waals surface area contributed by atoms with E-state index in [1.165, 1.54) is 26.4 Å². The number of rotatable bonds is 5. The number of benzene rings is 2.